The first-order chi connectivity index (χ1) is 9.20. The topological polar surface area (TPSA) is 12.0 Å². The van der Waals surface area contributed by atoms with E-state index in [-0.39, 0.29) is 0 Å². The largest absolute Gasteiger partial charge is 0.382 e. The van der Waals surface area contributed by atoms with Crippen molar-refractivity contribution >= 4 is 33.2 Å². The zero-order valence-corrected chi connectivity index (χ0v) is 12.8. The molecule has 0 saturated heterocycles. The van der Waals surface area contributed by atoms with Crippen LogP contribution in [0.1, 0.15) is 24.3 Å². The fourth-order valence-corrected chi connectivity index (χ4v) is 3.08. The Balaban J connectivity index is 1.57. The fourth-order valence-electron chi connectivity index (χ4n) is 2.56. The number of anilines is 1. The average Bonchev–Trinajstić information content (AvgIpc) is 2.35. The van der Waals surface area contributed by atoms with Gasteiger partial charge in [0, 0.05) is 21.2 Å². The molecule has 0 atom stereocenters. The number of hydrogen-bond acceptors (Lipinski definition) is 1. The lowest BCUT2D eigenvalue weighted by Crippen LogP contribution is -2.33. The molecule has 1 saturated carbocycles. The standard InChI is InChI=1S/C16H15BrClN/c17-13-2-1-3-15(10-13)19-16-8-12(9-16)11-4-6-14(18)7-5-11/h1-7,10,12,16,19H,8-9H2. The Hall–Kier alpha value is -0.990. The van der Waals surface area contributed by atoms with Crippen LogP contribution in [0, 0.1) is 0 Å². The molecular formula is C16H15BrClN. The predicted octanol–water partition coefficient (Wildman–Crippen LogP) is 5.46. The molecule has 0 unspecified atom stereocenters. The van der Waals surface area contributed by atoms with Gasteiger partial charge in [-0.15, -0.1) is 0 Å². The van der Waals surface area contributed by atoms with Crippen LogP contribution in [-0.2, 0) is 0 Å². The fraction of sp³-hybridized carbons (Fsp3) is 0.250. The van der Waals surface area contributed by atoms with Gasteiger partial charge in [-0.25, -0.2) is 0 Å². The van der Waals surface area contributed by atoms with Crippen molar-refractivity contribution in [1.82, 2.24) is 0 Å². The third kappa shape index (κ3) is 3.13. The summed E-state index contributed by atoms with van der Waals surface area (Å²) in [5, 5.41) is 4.39. The van der Waals surface area contributed by atoms with E-state index in [1.165, 1.54) is 24.1 Å². The first kappa shape index (κ1) is 13.0. The highest BCUT2D eigenvalue weighted by atomic mass is 79.9. The molecule has 0 bridgehead atoms. The molecule has 1 aliphatic carbocycles. The smallest absolute Gasteiger partial charge is 0.0406 e. The van der Waals surface area contributed by atoms with Gasteiger partial charge in [0.15, 0.2) is 0 Å². The van der Waals surface area contributed by atoms with Crippen molar-refractivity contribution in [1.29, 1.82) is 0 Å². The van der Waals surface area contributed by atoms with Gasteiger partial charge < -0.3 is 5.32 Å². The summed E-state index contributed by atoms with van der Waals surface area (Å²) in [6.07, 6.45) is 2.38. The Morgan fingerprint density at radius 2 is 1.79 bits per heavy atom. The van der Waals surface area contributed by atoms with Crippen LogP contribution in [0.25, 0.3) is 0 Å². The Morgan fingerprint density at radius 3 is 2.47 bits per heavy atom. The van der Waals surface area contributed by atoms with E-state index in [1.54, 1.807) is 0 Å². The third-order valence-electron chi connectivity index (χ3n) is 3.67. The number of nitrogens with one attached hydrogen (secondary N) is 1. The molecule has 1 aliphatic rings. The maximum Gasteiger partial charge on any atom is 0.0406 e. The molecule has 0 aromatic heterocycles. The van der Waals surface area contributed by atoms with Gasteiger partial charge in [-0.05, 0) is 54.7 Å². The van der Waals surface area contributed by atoms with Crippen LogP contribution in [0.3, 0.4) is 0 Å². The molecule has 0 radical (unpaired) electrons. The van der Waals surface area contributed by atoms with Crippen LogP contribution in [0.4, 0.5) is 5.69 Å². The SMILES string of the molecule is Clc1ccc(C2CC(Nc3cccc(Br)c3)C2)cc1. The summed E-state index contributed by atoms with van der Waals surface area (Å²) in [5.74, 6) is 0.668. The Morgan fingerprint density at radius 1 is 1.05 bits per heavy atom. The average molecular weight is 337 g/mol. The summed E-state index contributed by atoms with van der Waals surface area (Å²) >= 11 is 9.41. The molecule has 98 valence electrons. The molecule has 2 aromatic carbocycles. The van der Waals surface area contributed by atoms with Crippen molar-refractivity contribution in [2.45, 2.75) is 24.8 Å². The minimum Gasteiger partial charge on any atom is -0.382 e. The van der Waals surface area contributed by atoms with Gasteiger partial charge in [0.2, 0.25) is 0 Å². The molecular weight excluding hydrogens is 322 g/mol. The van der Waals surface area contributed by atoms with E-state index < -0.39 is 0 Å². The number of benzene rings is 2. The van der Waals surface area contributed by atoms with Crippen molar-refractivity contribution in [2.75, 3.05) is 5.32 Å². The van der Waals surface area contributed by atoms with E-state index in [4.69, 9.17) is 11.6 Å². The van der Waals surface area contributed by atoms with Crippen molar-refractivity contribution in [3.8, 4) is 0 Å². The molecule has 1 nitrogen and oxygen atoms in total. The van der Waals surface area contributed by atoms with Crippen LogP contribution >= 0.6 is 27.5 Å². The second-order valence-corrected chi connectivity index (χ2v) is 6.42. The molecule has 19 heavy (non-hydrogen) atoms. The maximum atomic E-state index is 5.91. The predicted molar refractivity (Wildman–Crippen MR) is 85.0 cm³/mol. The van der Waals surface area contributed by atoms with Crippen molar-refractivity contribution in [3.05, 3.63) is 63.6 Å². The van der Waals surface area contributed by atoms with Gasteiger partial charge >= 0.3 is 0 Å². The molecule has 0 aliphatic heterocycles. The quantitative estimate of drug-likeness (QED) is 0.784. The molecule has 0 amide bonds. The highest BCUT2D eigenvalue weighted by molar-refractivity contribution is 9.10. The maximum absolute atomic E-state index is 5.91. The lowest BCUT2D eigenvalue weighted by atomic mass is 9.76. The minimum atomic E-state index is 0.579. The molecule has 0 spiro atoms. The number of hydrogen-bond donors (Lipinski definition) is 1. The normalized spacial score (nSPS) is 21.8. The van der Waals surface area contributed by atoms with Crippen molar-refractivity contribution < 1.29 is 0 Å². The van der Waals surface area contributed by atoms with Crippen LogP contribution in [0.2, 0.25) is 5.02 Å². The first-order valence-electron chi connectivity index (χ1n) is 6.48. The second-order valence-electron chi connectivity index (χ2n) is 5.07. The van der Waals surface area contributed by atoms with E-state index in [0.29, 0.717) is 12.0 Å². The van der Waals surface area contributed by atoms with Gasteiger partial charge in [0.1, 0.15) is 0 Å². The molecule has 3 heteroatoms. The van der Waals surface area contributed by atoms with E-state index in [2.05, 4.69) is 51.6 Å². The second kappa shape index (κ2) is 5.56. The molecule has 0 heterocycles. The first-order valence-corrected chi connectivity index (χ1v) is 7.65. The Bertz CT molecular complexity index is 561. The van der Waals surface area contributed by atoms with E-state index in [0.717, 1.165) is 9.50 Å². The van der Waals surface area contributed by atoms with Gasteiger partial charge in [0.05, 0.1) is 0 Å². The van der Waals surface area contributed by atoms with Gasteiger partial charge in [-0.3, -0.25) is 0 Å². The molecule has 1 N–H and O–H groups in total. The summed E-state index contributed by atoms with van der Waals surface area (Å²) in [6.45, 7) is 0. The molecule has 1 fully saturated rings. The van der Waals surface area contributed by atoms with Crippen LogP contribution in [0.5, 0.6) is 0 Å². The monoisotopic (exact) mass is 335 g/mol. The molecule has 3 rings (SSSR count). The van der Waals surface area contributed by atoms with Crippen LogP contribution < -0.4 is 5.32 Å². The van der Waals surface area contributed by atoms with Crippen molar-refractivity contribution in [3.63, 3.8) is 0 Å². The van der Waals surface area contributed by atoms with Gasteiger partial charge in [-0.2, -0.15) is 0 Å². The summed E-state index contributed by atoms with van der Waals surface area (Å²) in [6, 6.07) is 17.2. The third-order valence-corrected chi connectivity index (χ3v) is 4.42. The lowest BCUT2D eigenvalue weighted by molar-refractivity contribution is 0.374. The highest BCUT2D eigenvalue weighted by Gasteiger charge is 2.30. The van der Waals surface area contributed by atoms with Crippen molar-refractivity contribution in [2.24, 2.45) is 0 Å². The lowest BCUT2D eigenvalue weighted by Gasteiger charge is -2.37. The van der Waals surface area contributed by atoms with Gasteiger partial charge in [-0.1, -0.05) is 45.7 Å². The minimum absolute atomic E-state index is 0.579. The van der Waals surface area contributed by atoms with Crippen LogP contribution in [0.15, 0.2) is 53.0 Å². The highest BCUT2D eigenvalue weighted by Crippen LogP contribution is 2.38. The van der Waals surface area contributed by atoms with Gasteiger partial charge in [0.25, 0.3) is 0 Å². The zero-order valence-electron chi connectivity index (χ0n) is 10.4. The number of halogens is 2. The summed E-state index contributed by atoms with van der Waals surface area (Å²) in [5.41, 5.74) is 2.59. The number of rotatable bonds is 3. The van der Waals surface area contributed by atoms with E-state index in [9.17, 15) is 0 Å². The van der Waals surface area contributed by atoms with Crippen LogP contribution in [-0.4, -0.2) is 6.04 Å². The van der Waals surface area contributed by atoms with E-state index in [1.807, 2.05) is 18.2 Å². The summed E-state index contributed by atoms with van der Waals surface area (Å²) < 4.78 is 1.12. The summed E-state index contributed by atoms with van der Waals surface area (Å²) in [4.78, 5) is 0. The molecule has 2 aromatic rings. The summed E-state index contributed by atoms with van der Waals surface area (Å²) in [7, 11) is 0. The Kier molecular flexibility index (Phi) is 3.81. The zero-order chi connectivity index (χ0) is 13.2. The van der Waals surface area contributed by atoms with E-state index >= 15 is 0 Å². The Labute approximate surface area is 127 Å².